The van der Waals surface area contributed by atoms with Gasteiger partial charge in [-0.25, -0.2) is 17.6 Å². The van der Waals surface area contributed by atoms with Crippen molar-refractivity contribution in [1.82, 2.24) is 0 Å². The third kappa shape index (κ3) is 3.52. The molecule has 8 heteroatoms. The Kier molecular flexibility index (Phi) is 4.74. The van der Waals surface area contributed by atoms with Crippen LogP contribution in [0.25, 0.3) is 0 Å². The number of hydrogen-bond donors (Lipinski definition) is 0. The smallest absolute Gasteiger partial charge is 0.429 e. The van der Waals surface area contributed by atoms with Crippen molar-refractivity contribution in [2.24, 2.45) is 0 Å². The van der Waals surface area contributed by atoms with Crippen LogP contribution in [-0.2, 0) is 12.2 Å². The molecule has 0 radical (unpaired) electrons. The van der Waals surface area contributed by atoms with Gasteiger partial charge in [0.15, 0.2) is 0 Å². The fraction of sp³-hybridized carbons (Fsp3) is 0.200. The van der Waals surface area contributed by atoms with Crippen molar-refractivity contribution < 1.29 is 31.1 Å². The monoisotopic (exact) mass is 350 g/mol. The van der Waals surface area contributed by atoms with Crippen LogP contribution in [0.2, 0.25) is 0 Å². The van der Waals surface area contributed by atoms with Crippen LogP contribution < -0.4 is 4.74 Å². The highest BCUT2D eigenvalue weighted by Crippen LogP contribution is 2.36. The van der Waals surface area contributed by atoms with Crippen LogP contribution in [0.4, 0.5) is 26.3 Å². The maximum atomic E-state index is 14.0. The third-order valence-electron chi connectivity index (χ3n) is 3.30. The van der Waals surface area contributed by atoms with E-state index in [0.29, 0.717) is 28.4 Å². The lowest BCUT2D eigenvalue weighted by molar-refractivity contribution is -0.189. The van der Waals surface area contributed by atoms with Gasteiger partial charge < -0.3 is 4.74 Å². The second-order valence-electron chi connectivity index (χ2n) is 4.92. The van der Waals surface area contributed by atoms with E-state index < -0.39 is 40.7 Å². The molecule has 1 nitrogen and oxygen atoms in total. The first-order valence-corrected chi connectivity index (χ1v) is 8.08. The quantitative estimate of drug-likeness (QED) is 0.605. The van der Waals surface area contributed by atoms with Gasteiger partial charge in [0, 0.05) is 27.9 Å². The Labute approximate surface area is 131 Å². The molecule has 0 atom stereocenters. The Morgan fingerprint density at radius 3 is 1.83 bits per heavy atom. The molecule has 0 aliphatic rings. The average Bonchev–Trinajstić information content (AvgIpc) is 2.42. The standard InChI is InChI=1S/C15H12F6OSi/c1-7-10(16)4-9(5-11(7)17)22-15(20,21)14-12(18)2-8(6-23)3-13(14)19/h2-5H,6H2,1,23H3. The fourth-order valence-electron chi connectivity index (χ4n) is 1.99. The first-order valence-electron chi connectivity index (χ1n) is 6.66. The minimum Gasteiger partial charge on any atom is -0.429 e. The van der Waals surface area contributed by atoms with Crippen molar-refractivity contribution in [2.45, 2.75) is 19.1 Å². The summed E-state index contributed by atoms with van der Waals surface area (Å²) in [5.74, 6) is -6.05. The Morgan fingerprint density at radius 2 is 1.39 bits per heavy atom. The van der Waals surface area contributed by atoms with Crippen LogP contribution in [0.3, 0.4) is 0 Å². The van der Waals surface area contributed by atoms with Gasteiger partial charge in [0.25, 0.3) is 0 Å². The zero-order chi connectivity index (χ0) is 17.4. The number of rotatable bonds is 4. The number of benzene rings is 2. The molecular weight excluding hydrogens is 338 g/mol. The van der Waals surface area contributed by atoms with E-state index in [1.807, 2.05) is 0 Å². The predicted octanol–water partition coefficient (Wildman–Crippen LogP) is 3.55. The topological polar surface area (TPSA) is 9.23 Å². The Balaban J connectivity index is 2.43. The van der Waals surface area contributed by atoms with Gasteiger partial charge >= 0.3 is 6.11 Å². The predicted molar refractivity (Wildman–Crippen MR) is 75.6 cm³/mol. The Bertz CT molecular complexity index is 701. The molecule has 0 bridgehead atoms. The number of hydrogen-bond acceptors (Lipinski definition) is 1. The highest BCUT2D eigenvalue weighted by atomic mass is 28.1. The minimum absolute atomic E-state index is 0.249. The van der Waals surface area contributed by atoms with Gasteiger partial charge in [0.05, 0.1) is 0 Å². The third-order valence-corrected chi connectivity index (χ3v) is 4.12. The molecule has 2 aromatic rings. The van der Waals surface area contributed by atoms with Gasteiger partial charge in [-0.1, -0.05) is 0 Å². The molecule has 2 aromatic carbocycles. The number of halogens is 6. The van der Waals surface area contributed by atoms with Crippen molar-refractivity contribution in [1.29, 1.82) is 0 Å². The number of ether oxygens (including phenoxy) is 1. The van der Waals surface area contributed by atoms with E-state index in [1.165, 1.54) is 0 Å². The summed E-state index contributed by atoms with van der Waals surface area (Å²) >= 11 is 0. The van der Waals surface area contributed by atoms with Gasteiger partial charge in [-0.3, -0.25) is 0 Å². The zero-order valence-corrected chi connectivity index (χ0v) is 14.2. The normalized spacial score (nSPS) is 11.8. The lowest BCUT2D eigenvalue weighted by Gasteiger charge is -2.20. The average molecular weight is 350 g/mol. The summed E-state index contributed by atoms with van der Waals surface area (Å²) in [6.45, 7) is 1.11. The summed E-state index contributed by atoms with van der Waals surface area (Å²) in [4.78, 5) is 0. The van der Waals surface area contributed by atoms with Gasteiger partial charge in [-0.05, 0) is 30.7 Å². The van der Waals surface area contributed by atoms with Gasteiger partial charge in [0.1, 0.15) is 34.6 Å². The molecule has 0 aliphatic carbocycles. The second-order valence-corrected chi connectivity index (χ2v) is 5.63. The van der Waals surface area contributed by atoms with E-state index in [-0.39, 0.29) is 11.1 Å². The lowest BCUT2D eigenvalue weighted by Crippen LogP contribution is -2.25. The van der Waals surface area contributed by atoms with Crippen LogP contribution >= 0.6 is 0 Å². The van der Waals surface area contributed by atoms with Crippen molar-refractivity contribution in [3.05, 3.63) is 64.2 Å². The summed E-state index contributed by atoms with van der Waals surface area (Å²) < 4.78 is 86.5. The van der Waals surface area contributed by atoms with Crippen LogP contribution in [0.15, 0.2) is 24.3 Å². The molecule has 23 heavy (non-hydrogen) atoms. The summed E-state index contributed by atoms with van der Waals surface area (Å²) in [5, 5.41) is 0. The molecule has 0 unspecified atom stereocenters. The van der Waals surface area contributed by atoms with Crippen molar-refractivity contribution in [3.63, 3.8) is 0 Å². The molecule has 0 aliphatic heterocycles. The molecule has 0 saturated carbocycles. The highest BCUT2D eigenvalue weighted by Gasteiger charge is 2.41. The summed E-state index contributed by atoms with van der Waals surface area (Å²) in [5.41, 5.74) is -1.73. The van der Waals surface area contributed by atoms with E-state index in [9.17, 15) is 26.3 Å². The van der Waals surface area contributed by atoms with E-state index in [0.717, 1.165) is 19.1 Å². The maximum absolute atomic E-state index is 14.0. The second kappa shape index (κ2) is 6.27. The summed E-state index contributed by atoms with van der Waals surface area (Å²) in [6.07, 6.45) is -4.42. The zero-order valence-electron chi connectivity index (χ0n) is 12.2. The molecule has 0 heterocycles. The van der Waals surface area contributed by atoms with Crippen molar-refractivity contribution >= 4 is 10.2 Å². The molecule has 0 fully saturated rings. The summed E-state index contributed by atoms with van der Waals surface area (Å²) in [7, 11) is 0.602. The van der Waals surface area contributed by atoms with Gasteiger partial charge in [-0.15, -0.1) is 0 Å². The van der Waals surface area contributed by atoms with E-state index in [1.54, 1.807) is 0 Å². The van der Waals surface area contributed by atoms with Crippen LogP contribution in [-0.4, -0.2) is 10.2 Å². The SMILES string of the molecule is Cc1c(F)cc(OC(F)(F)c2c(F)cc(C[SiH3])cc2F)cc1F. The lowest BCUT2D eigenvalue weighted by atomic mass is 10.1. The maximum Gasteiger partial charge on any atom is 0.432 e. The molecule has 0 spiro atoms. The van der Waals surface area contributed by atoms with Crippen molar-refractivity contribution in [2.75, 3.05) is 0 Å². The van der Waals surface area contributed by atoms with E-state index >= 15 is 0 Å². The van der Waals surface area contributed by atoms with Crippen molar-refractivity contribution in [3.8, 4) is 5.75 Å². The van der Waals surface area contributed by atoms with E-state index in [2.05, 4.69) is 4.74 Å². The molecule has 0 N–H and O–H groups in total. The molecule has 124 valence electrons. The number of alkyl halides is 2. The van der Waals surface area contributed by atoms with Crippen LogP contribution in [0.5, 0.6) is 5.75 Å². The van der Waals surface area contributed by atoms with Gasteiger partial charge in [-0.2, -0.15) is 8.78 Å². The molecule has 0 amide bonds. The van der Waals surface area contributed by atoms with Gasteiger partial charge in [0.2, 0.25) is 0 Å². The Morgan fingerprint density at radius 1 is 0.913 bits per heavy atom. The first-order chi connectivity index (χ1) is 10.7. The van der Waals surface area contributed by atoms with Crippen LogP contribution in [0.1, 0.15) is 16.7 Å². The molecule has 0 saturated heterocycles. The Hall–Kier alpha value is -1.96. The minimum atomic E-state index is -4.42. The highest BCUT2D eigenvalue weighted by molar-refractivity contribution is 6.08. The molecule has 2 rings (SSSR count). The molecule has 0 aromatic heterocycles. The summed E-state index contributed by atoms with van der Waals surface area (Å²) in [6, 6.07) is 3.01. The van der Waals surface area contributed by atoms with E-state index in [4.69, 9.17) is 0 Å². The largest absolute Gasteiger partial charge is 0.432 e. The van der Waals surface area contributed by atoms with Crippen LogP contribution in [0, 0.1) is 30.2 Å². The first kappa shape index (κ1) is 17.4. The fourth-order valence-corrected chi connectivity index (χ4v) is 2.40. The molecular formula is C15H12F6OSi.